The van der Waals surface area contributed by atoms with Crippen LogP contribution < -0.4 is 0 Å². The van der Waals surface area contributed by atoms with Crippen molar-refractivity contribution in [3.63, 3.8) is 0 Å². The molecule has 0 N–H and O–H groups in total. The molecule has 57 heavy (non-hydrogen) atoms. The van der Waals surface area contributed by atoms with Gasteiger partial charge in [-0.25, -0.2) is 15.0 Å². The van der Waals surface area contributed by atoms with Gasteiger partial charge in [0.05, 0.1) is 26.9 Å². The summed E-state index contributed by atoms with van der Waals surface area (Å²) < 4.78 is 6.84. The minimum atomic E-state index is 0.585. The molecule has 5 heterocycles. The van der Waals surface area contributed by atoms with Gasteiger partial charge < -0.3 is 0 Å². The van der Waals surface area contributed by atoms with Gasteiger partial charge in [-0.05, 0) is 42.5 Å². The Balaban J connectivity index is 1.02. The fourth-order valence-corrected chi connectivity index (χ4v) is 10.3. The predicted molar refractivity (Wildman–Crippen MR) is 237 cm³/mol. The van der Waals surface area contributed by atoms with Gasteiger partial charge in [0.25, 0.3) is 0 Å². The van der Waals surface area contributed by atoms with E-state index in [9.17, 15) is 0 Å². The molecule has 7 aromatic carbocycles. The molecule has 12 aromatic rings. The van der Waals surface area contributed by atoms with Crippen molar-refractivity contribution >= 4 is 85.0 Å². The van der Waals surface area contributed by atoms with Gasteiger partial charge in [0, 0.05) is 63.3 Å². The van der Waals surface area contributed by atoms with Crippen LogP contribution in [0.3, 0.4) is 0 Å². The first-order valence-electron chi connectivity index (χ1n) is 18.8. The molecular formula is C49H28N6S2. The number of nitrogens with zero attached hydrogens (tertiary/aromatic N) is 6. The smallest absolute Gasteiger partial charge is 0.238 e. The molecule has 8 heteroatoms. The second kappa shape index (κ2) is 12.7. The highest BCUT2D eigenvalue weighted by Crippen LogP contribution is 2.42. The van der Waals surface area contributed by atoms with E-state index in [0.717, 1.165) is 76.6 Å². The maximum atomic E-state index is 5.23. The summed E-state index contributed by atoms with van der Waals surface area (Å²) in [6, 6.07) is 59.1. The lowest BCUT2D eigenvalue weighted by molar-refractivity contribution is 0.954. The Morgan fingerprint density at radius 2 is 0.930 bits per heavy atom. The summed E-state index contributed by atoms with van der Waals surface area (Å²) in [5.41, 5.74) is 8.00. The van der Waals surface area contributed by atoms with E-state index in [4.69, 9.17) is 24.9 Å². The number of hydrogen-bond donors (Lipinski definition) is 0. The van der Waals surface area contributed by atoms with E-state index in [1.165, 1.54) is 19.5 Å². The number of fused-ring (bicyclic) bond motifs is 9. The number of hydrogen-bond acceptors (Lipinski definition) is 7. The molecule has 0 aliphatic heterocycles. The Kier molecular flexibility index (Phi) is 7.17. The molecule has 12 rings (SSSR count). The van der Waals surface area contributed by atoms with Gasteiger partial charge >= 0.3 is 0 Å². The van der Waals surface area contributed by atoms with Gasteiger partial charge in [-0.3, -0.25) is 4.57 Å². The van der Waals surface area contributed by atoms with E-state index in [-0.39, 0.29) is 0 Å². The fraction of sp³-hybridized carbons (Fsp3) is 0. The van der Waals surface area contributed by atoms with E-state index in [1.54, 1.807) is 22.7 Å². The Labute approximate surface area is 334 Å². The molecule has 5 aromatic heterocycles. The molecule has 0 aliphatic rings. The van der Waals surface area contributed by atoms with Crippen LogP contribution >= 0.6 is 22.7 Å². The van der Waals surface area contributed by atoms with Crippen LogP contribution in [-0.4, -0.2) is 29.5 Å². The SMILES string of the molecule is c1ccc(-c2nc(-c3ccc4sc5cc(-c6nc(-c7ccccc7)c7sc8ccccc8c7n6)ccc5c4c3)nc(-n3c4ccccc4c4ccccc43)n2)cc1. The monoisotopic (exact) mass is 764 g/mol. The zero-order valence-electron chi connectivity index (χ0n) is 30.2. The topological polar surface area (TPSA) is 69.4 Å². The van der Waals surface area contributed by atoms with E-state index >= 15 is 0 Å². The van der Waals surface area contributed by atoms with Crippen molar-refractivity contribution in [2.45, 2.75) is 0 Å². The average molecular weight is 765 g/mol. The summed E-state index contributed by atoms with van der Waals surface area (Å²) in [5, 5.41) is 5.80. The highest BCUT2D eigenvalue weighted by molar-refractivity contribution is 7.26. The van der Waals surface area contributed by atoms with Gasteiger partial charge in [-0.1, -0.05) is 127 Å². The van der Waals surface area contributed by atoms with E-state index in [1.807, 2.05) is 36.4 Å². The Morgan fingerprint density at radius 3 is 1.68 bits per heavy atom. The zero-order valence-corrected chi connectivity index (χ0v) is 31.8. The standard InChI is InChI=1S/C49H28N6S2/c1-3-13-29(14-4-1)43-45-44(36-19-9-12-22-40(36)57-45)51-47(50-43)32-23-25-35-37-27-31(24-26-41(37)56-42(35)28-32)48-52-46(30-15-5-2-6-16-30)53-49(54-48)55-38-20-10-7-17-33(38)34-18-8-11-21-39(34)55/h1-28H. The van der Waals surface area contributed by atoms with Gasteiger partial charge in [-0.2, -0.15) is 9.97 Å². The van der Waals surface area contributed by atoms with Crippen LogP contribution in [0.2, 0.25) is 0 Å². The Bertz CT molecular complexity index is 3480. The molecule has 0 bridgehead atoms. The van der Waals surface area contributed by atoms with Crippen molar-refractivity contribution in [3.8, 4) is 51.4 Å². The largest absolute Gasteiger partial charge is 0.278 e. The van der Waals surface area contributed by atoms with Crippen LogP contribution in [0.4, 0.5) is 0 Å². The van der Waals surface area contributed by atoms with Crippen LogP contribution in [0.1, 0.15) is 0 Å². The third kappa shape index (κ3) is 5.19. The van der Waals surface area contributed by atoms with Crippen LogP contribution in [-0.2, 0) is 0 Å². The summed E-state index contributed by atoms with van der Waals surface area (Å²) in [6.07, 6.45) is 0. The van der Waals surface area contributed by atoms with Crippen molar-refractivity contribution in [2.24, 2.45) is 0 Å². The molecule has 0 fully saturated rings. The Hall–Kier alpha value is -7.13. The number of aromatic nitrogens is 6. The molecule has 0 atom stereocenters. The number of thiophene rings is 2. The van der Waals surface area contributed by atoms with Crippen molar-refractivity contribution in [1.82, 2.24) is 29.5 Å². The highest BCUT2D eigenvalue weighted by Gasteiger charge is 2.20. The zero-order chi connectivity index (χ0) is 37.5. The van der Waals surface area contributed by atoms with Crippen LogP contribution in [0.5, 0.6) is 0 Å². The van der Waals surface area contributed by atoms with Gasteiger partial charge in [0.2, 0.25) is 5.95 Å². The minimum absolute atomic E-state index is 0.585. The highest BCUT2D eigenvalue weighted by atomic mass is 32.1. The molecule has 0 saturated heterocycles. The van der Waals surface area contributed by atoms with Crippen LogP contribution in [0.15, 0.2) is 170 Å². The first-order valence-corrected chi connectivity index (χ1v) is 20.4. The van der Waals surface area contributed by atoms with Gasteiger partial charge in [0.15, 0.2) is 17.5 Å². The summed E-state index contributed by atoms with van der Waals surface area (Å²) in [6.45, 7) is 0. The molecular weight excluding hydrogens is 737 g/mol. The maximum absolute atomic E-state index is 5.23. The van der Waals surface area contributed by atoms with Crippen molar-refractivity contribution in [3.05, 3.63) is 170 Å². The summed E-state index contributed by atoms with van der Waals surface area (Å²) in [5.74, 6) is 2.56. The Morgan fingerprint density at radius 1 is 0.351 bits per heavy atom. The number of benzene rings is 7. The lowest BCUT2D eigenvalue weighted by atomic mass is 10.1. The molecule has 0 spiro atoms. The second-order valence-corrected chi connectivity index (χ2v) is 16.2. The van der Waals surface area contributed by atoms with Gasteiger partial charge in [-0.15, -0.1) is 22.7 Å². The van der Waals surface area contributed by atoms with E-state index < -0.39 is 0 Å². The predicted octanol–water partition coefficient (Wildman–Crippen LogP) is 13.2. The van der Waals surface area contributed by atoms with Crippen molar-refractivity contribution < 1.29 is 0 Å². The van der Waals surface area contributed by atoms with Gasteiger partial charge in [0.1, 0.15) is 0 Å². The normalized spacial score (nSPS) is 11.9. The molecule has 0 radical (unpaired) electrons. The fourth-order valence-electron chi connectivity index (χ4n) is 8.02. The van der Waals surface area contributed by atoms with Crippen molar-refractivity contribution in [1.29, 1.82) is 0 Å². The lowest BCUT2D eigenvalue weighted by Crippen LogP contribution is -2.06. The minimum Gasteiger partial charge on any atom is -0.278 e. The molecule has 0 aliphatic carbocycles. The number of para-hydroxylation sites is 2. The lowest BCUT2D eigenvalue weighted by Gasteiger charge is -2.11. The quantitative estimate of drug-likeness (QED) is 0.175. The molecule has 0 unspecified atom stereocenters. The summed E-state index contributed by atoms with van der Waals surface area (Å²) >= 11 is 3.53. The first kappa shape index (κ1) is 32.1. The van der Waals surface area contributed by atoms with E-state index in [2.05, 4.69) is 138 Å². The summed E-state index contributed by atoms with van der Waals surface area (Å²) in [4.78, 5) is 25.8. The van der Waals surface area contributed by atoms with Crippen molar-refractivity contribution in [2.75, 3.05) is 0 Å². The third-order valence-electron chi connectivity index (χ3n) is 10.7. The molecule has 0 saturated carbocycles. The molecule has 266 valence electrons. The first-order chi connectivity index (χ1) is 28.2. The second-order valence-electron chi connectivity index (χ2n) is 14.1. The van der Waals surface area contributed by atoms with E-state index in [0.29, 0.717) is 17.6 Å². The number of rotatable bonds is 5. The maximum Gasteiger partial charge on any atom is 0.238 e. The third-order valence-corrected chi connectivity index (χ3v) is 13.0. The average Bonchev–Trinajstić information content (AvgIpc) is 3.95. The molecule has 0 amide bonds. The summed E-state index contributed by atoms with van der Waals surface area (Å²) in [7, 11) is 0. The molecule has 6 nitrogen and oxygen atoms in total. The van der Waals surface area contributed by atoms with Crippen LogP contribution in [0.25, 0.3) is 114 Å². The van der Waals surface area contributed by atoms with Crippen LogP contribution in [0, 0.1) is 0 Å².